The number of thiophene rings is 1. The summed E-state index contributed by atoms with van der Waals surface area (Å²) in [5.41, 5.74) is 13.6. The molecule has 0 atom stereocenters. The van der Waals surface area contributed by atoms with Crippen LogP contribution in [0.15, 0.2) is 127 Å². The first-order valence-electron chi connectivity index (χ1n) is 14.4. The third kappa shape index (κ3) is 2.94. The van der Waals surface area contributed by atoms with Gasteiger partial charge in [-0.05, 0) is 46.4 Å². The summed E-state index contributed by atoms with van der Waals surface area (Å²) in [7, 11) is 2.40. The fourth-order valence-electron chi connectivity index (χ4n) is 7.15. The van der Waals surface area contributed by atoms with Crippen LogP contribution in [0.5, 0.6) is 0 Å². The number of aromatic nitrogens is 2. The number of hydrogen-bond donors (Lipinski definition) is 1. The number of hydrogen-bond acceptors (Lipinski definition) is 1. The van der Waals surface area contributed by atoms with Crippen molar-refractivity contribution in [3.63, 3.8) is 0 Å². The van der Waals surface area contributed by atoms with Crippen LogP contribution >= 0.6 is 11.3 Å². The van der Waals surface area contributed by atoms with Crippen molar-refractivity contribution in [1.82, 2.24) is 9.55 Å². The van der Waals surface area contributed by atoms with Crippen LogP contribution in [-0.2, 0) is 0 Å². The highest BCUT2D eigenvalue weighted by Gasteiger charge is 2.27. The van der Waals surface area contributed by atoms with E-state index in [1.54, 1.807) is 0 Å². The zero-order valence-corrected chi connectivity index (χ0v) is 23.4. The number of nitrogens with one attached hydrogen (secondary N) is 1. The molecular weight excluding hydrogens is 527 g/mol. The molecule has 1 N–H and O–H groups in total. The lowest BCUT2D eigenvalue weighted by atomic mass is 9.59. The van der Waals surface area contributed by atoms with Crippen LogP contribution in [0.4, 0.5) is 0 Å². The lowest BCUT2D eigenvalue weighted by Gasteiger charge is -2.25. The van der Waals surface area contributed by atoms with Gasteiger partial charge >= 0.3 is 0 Å². The zero-order valence-electron chi connectivity index (χ0n) is 22.6. The summed E-state index contributed by atoms with van der Waals surface area (Å²) in [5, 5.41) is 5.17. The standard InChI is InChI=1S/C38H22BN2S/c1-2-10-22(11-3-1)23-20-29(25-14-8-16-28-35(25)40-36-27-13-5-7-19-33(27)42-38(28)36)34-32(21-23)41-31-18-6-4-12-24(31)26-15-9-17-30(39-34)37(26)41/h1-21,40H. The van der Waals surface area contributed by atoms with Gasteiger partial charge in [0.15, 0.2) is 7.28 Å². The highest BCUT2D eigenvalue weighted by molar-refractivity contribution is 7.26. The summed E-state index contributed by atoms with van der Waals surface area (Å²) < 4.78 is 5.14. The van der Waals surface area contributed by atoms with Gasteiger partial charge in [-0.3, -0.25) is 0 Å². The van der Waals surface area contributed by atoms with Gasteiger partial charge in [-0.25, -0.2) is 0 Å². The summed E-state index contributed by atoms with van der Waals surface area (Å²) in [6, 6.07) is 46.6. The van der Waals surface area contributed by atoms with E-state index in [0.29, 0.717) is 0 Å². The Morgan fingerprint density at radius 2 is 1.33 bits per heavy atom. The molecule has 0 amide bonds. The fourth-order valence-corrected chi connectivity index (χ4v) is 8.34. The lowest BCUT2D eigenvalue weighted by molar-refractivity contribution is 1.19. The predicted molar refractivity (Wildman–Crippen MR) is 181 cm³/mol. The van der Waals surface area contributed by atoms with Crippen LogP contribution in [0.3, 0.4) is 0 Å². The molecule has 0 unspecified atom stereocenters. The van der Waals surface area contributed by atoms with Crippen molar-refractivity contribution in [3.8, 4) is 27.9 Å². The molecule has 1 aliphatic heterocycles. The maximum atomic E-state index is 3.89. The first-order valence-corrected chi connectivity index (χ1v) is 15.2. The molecule has 0 aliphatic carbocycles. The summed E-state index contributed by atoms with van der Waals surface area (Å²) in [4.78, 5) is 3.89. The fraction of sp³-hybridized carbons (Fsp3) is 0. The van der Waals surface area contributed by atoms with E-state index >= 15 is 0 Å². The molecule has 1 aliphatic rings. The summed E-state index contributed by atoms with van der Waals surface area (Å²) in [5.74, 6) is 0. The Hall–Kier alpha value is -5.06. The first kappa shape index (κ1) is 22.6. The highest BCUT2D eigenvalue weighted by atomic mass is 32.1. The van der Waals surface area contributed by atoms with Crippen LogP contribution in [0, 0.1) is 0 Å². The van der Waals surface area contributed by atoms with E-state index < -0.39 is 0 Å². The van der Waals surface area contributed by atoms with Crippen LogP contribution in [-0.4, -0.2) is 16.8 Å². The maximum Gasteiger partial charge on any atom is 0.197 e. The van der Waals surface area contributed by atoms with Crippen LogP contribution in [0.25, 0.3) is 81.0 Å². The monoisotopic (exact) mass is 549 g/mol. The molecule has 193 valence electrons. The van der Waals surface area contributed by atoms with Crippen LogP contribution in [0.2, 0.25) is 0 Å². The Bertz CT molecular complexity index is 2550. The third-order valence-corrected chi connectivity index (χ3v) is 10.2. The molecule has 1 radical (unpaired) electrons. The van der Waals surface area contributed by atoms with Gasteiger partial charge in [0.2, 0.25) is 0 Å². The molecular formula is C38H22BN2S. The quantitative estimate of drug-likeness (QED) is 0.208. The Labute approximate surface area is 246 Å². The molecule has 4 heteroatoms. The molecule has 6 aromatic carbocycles. The van der Waals surface area contributed by atoms with Gasteiger partial charge in [0.05, 0.1) is 21.3 Å². The number of para-hydroxylation sites is 3. The Kier molecular flexibility index (Phi) is 4.44. The molecule has 4 heterocycles. The van der Waals surface area contributed by atoms with Crippen LogP contribution < -0.4 is 10.9 Å². The average molecular weight is 549 g/mol. The number of rotatable bonds is 2. The van der Waals surface area contributed by atoms with Crippen molar-refractivity contribution in [1.29, 1.82) is 0 Å². The number of fused-ring (bicyclic) bond motifs is 10. The summed E-state index contributed by atoms with van der Waals surface area (Å²) in [6.07, 6.45) is 0. The molecule has 9 aromatic rings. The topological polar surface area (TPSA) is 20.7 Å². The second-order valence-electron chi connectivity index (χ2n) is 11.2. The molecule has 0 spiro atoms. The summed E-state index contributed by atoms with van der Waals surface area (Å²) >= 11 is 1.88. The maximum absolute atomic E-state index is 3.89. The molecule has 42 heavy (non-hydrogen) atoms. The minimum absolute atomic E-state index is 1.20. The molecule has 3 aromatic heterocycles. The minimum atomic E-state index is 1.20. The Morgan fingerprint density at radius 1 is 0.571 bits per heavy atom. The molecule has 0 bridgehead atoms. The van der Waals surface area contributed by atoms with Crippen molar-refractivity contribution in [3.05, 3.63) is 127 Å². The minimum Gasteiger partial charge on any atom is -0.353 e. The van der Waals surface area contributed by atoms with E-state index in [1.807, 2.05) is 11.3 Å². The molecule has 0 fully saturated rings. The number of nitrogens with zero attached hydrogens (tertiary/aromatic N) is 1. The van der Waals surface area contributed by atoms with E-state index in [1.165, 1.54) is 91.9 Å². The largest absolute Gasteiger partial charge is 0.353 e. The van der Waals surface area contributed by atoms with Crippen molar-refractivity contribution in [2.75, 3.05) is 0 Å². The normalized spacial score (nSPS) is 12.5. The van der Waals surface area contributed by atoms with Gasteiger partial charge in [0.1, 0.15) is 0 Å². The van der Waals surface area contributed by atoms with E-state index in [4.69, 9.17) is 0 Å². The van der Waals surface area contributed by atoms with E-state index in [9.17, 15) is 0 Å². The molecule has 0 saturated heterocycles. The van der Waals surface area contributed by atoms with Crippen molar-refractivity contribution in [2.45, 2.75) is 0 Å². The molecule has 0 saturated carbocycles. The average Bonchev–Trinajstić information content (AvgIpc) is 3.71. The highest BCUT2D eigenvalue weighted by Crippen LogP contribution is 2.42. The first-order chi connectivity index (χ1) is 20.8. The predicted octanol–water partition coefficient (Wildman–Crippen LogP) is 8.94. The number of benzene rings is 6. The van der Waals surface area contributed by atoms with Crippen molar-refractivity contribution < 1.29 is 0 Å². The van der Waals surface area contributed by atoms with E-state index in [-0.39, 0.29) is 0 Å². The third-order valence-electron chi connectivity index (χ3n) is 8.98. The lowest BCUT2D eigenvalue weighted by Crippen LogP contribution is -2.37. The Morgan fingerprint density at radius 3 is 2.26 bits per heavy atom. The smallest absolute Gasteiger partial charge is 0.197 e. The van der Waals surface area contributed by atoms with E-state index in [0.717, 1.165) is 0 Å². The number of H-pyrrole nitrogens is 1. The Balaban J connectivity index is 1.34. The van der Waals surface area contributed by atoms with Gasteiger partial charge in [0.25, 0.3) is 0 Å². The zero-order chi connectivity index (χ0) is 27.4. The van der Waals surface area contributed by atoms with Gasteiger partial charge in [-0.1, -0.05) is 109 Å². The van der Waals surface area contributed by atoms with Crippen molar-refractivity contribution in [2.24, 2.45) is 0 Å². The SMILES string of the molecule is [B]1c2c(-c3cccc4c3[nH]c3c5ccccc5sc43)cc(-c3ccccc3)cc2-n2c3ccccc3c3cccc1c32. The summed E-state index contributed by atoms with van der Waals surface area (Å²) in [6.45, 7) is 0. The van der Waals surface area contributed by atoms with Gasteiger partial charge in [-0.15, -0.1) is 11.3 Å². The van der Waals surface area contributed by atoms with E-state index in [2.05, 4.69) is 144 Å². The second-order valence-corrected chi connectivity index (χ2v) is 12.3. The van der Waals surface area contributed by atoms with Crippen molar-refractivity contribution >= 4 is 82.6 Å². The number of aromatic amines is 1. The van der Waals surface area contributed by atoms with Gasteiger partial charge in [-0.2, -0.15) is 0 Å². The van der Waals surface area contributed by atoms with Crippen LogP contribution in [0.1, 0.15) is 0 Å². The molecule has 10 rings (SSSR count). The van der Waals surface area contributed by atoms with Gasteiger partial charge < -0.3 is 9.55 Å². The van der Waals surface area contributed by atoms with Gasteiger partial charge in [0, 0.05) is 43.0 Å². The second kappa shape index (κ2) is 8.25. The molecule has 2 nitrogen and oxygen atoms in total.